The minimum Gasteiger partial charge on any atom is -0.497 e. The van der Waals surface area contributed by atoms with Crippen molar-refractivity contribution in [2.24, 2.45) is 0 Å². The summed E-state index contributed by atoms with van der Waals surface area (Å²) in [7, 11) is 3.15. The van der Waals surface area contributed by atoms with E-state index in [9.17, 15) is 9.59 Å². The minimum absolute atomic E-state index is 0.0819. The second kappa shape index (κ2) is 10.6. The Morgan fingerprint density at radius 3 is 2.68 bits per heavy atom. The number of ether oxygens (including phenoxy) is 1. The number of hydrogen-bond acceptors (Lipinski definition) is 5. The highest BCUT2D eigenvalue weighted by molar-refractivity contribution is 7.13. The van der Waals surface area contributed by atoms with Crippen LogP contribution in [0.15, 0.2) is 84.4 Å². The van der Waals surface area contributed by atoms with Crippen molar-refractivity contribution in [1.29, 1.82) is 0 Å². The maximum atomic E-state index is 12.7. The largest absolute Gasteiger partial charge is 0.497 e. The zero-order valence-electron chi connectivity index (χ0n) is 18.8. The molecule has 172 valence electrons. The summed E-state index contributed by atoms with van der Waals surface area (Å²) in [4.78, 5) is 27.4. The molecule has 0 unspecified atom stereocenters. The number of nitrogens with zero attached hydrogens (tertiary/aromatic N) is 3. The first-order valence-electron chi connectivity index (χ1n) is 10.6. The van der Waals surface area contributed by atoms with Crippen LogP contribution in [0.2, 0.25) is 0 Å². The first-order valence-corrected chi connectivity index (χ1v) is 11.5. The Bertz CT molecular complexity index is 1300. The molecule has 0 aliphatic heterocycles. The molecule has 7 nitrogen and oxygen atoms in total. The summed E-state index contributed by atoms with van der Waals surface area (Å²) in [6.07, 6.45) is 5.09. The van der Waals surface area contributed by atoms with Crippen LogP contribution in [0.3, 0.4) is 0 Å². The number of rotatable bonds is 8. The monoisotopic (exact) mass is 472 g/mol. The molecule has 0 bridgehead atoms. The molecule has 2 heterocycles. The topological polar surface area (TPSA) is 76.5 Å². The van der Waals surface area contributed by atoms with Gasteiger partial charge in [-0.25, -0.2) is 4.68 Å². The van der Waals surface area contributed by atoms with E-state index in [1.165, 1.54) is 11.0 Å². The average molecular weight is 473 g/mol. The summed E-state index contributed by atoms with van der Waals surface area (Å²) in [5.74, 6) is 0.0572. The molecule has 2 aromatic carbocycles. The van der Waals surface area contributed by atoms with Crippen LogP contribution < -0.4 is 10.1 Å². The first kappa shape index (κ1) is 23.0. The second-order valence-corrected chi connectivity index (χ2v) is 8.45. The standard InChI is InChI=1S/C26H24N4O3S/c1-29(18-24(31)27-20-8-6-11-22(16-20)33-2)25(32)14-13-19-17-30(21-9-4-3-5-10-21)28-26(19)23-12-7-15-34-23/h3-17H,18H2,1-2H3,(H,27,31)/b14-13+. The fourth-order valence-electron chi connectivity index (χ4n) is 3.31. The van der Waals surface area contributed by atoms with Gasteiger partial charge in [0.1, 0.15) is 11.4 Å². The molecule has 0 atom stereocenters. The zero-order valence-corrected chi connectivity index (χ0v) is 19.7. The summed E-state index contributed by atoms with van der Waals surface area (Å²) in [5, 5.41) is 9.50. The maximum absolute atomic E-state index is 12.7. The molecular weight excluding hydrogens is 448 g/mol. The molecule has 0 aliphatic rings. The van der Waals surface area contributed by atoms with E-state index in [0.29, 0.717) is 11.4 Å². The lowest BCUT2D eigenvalue weighted by Gasteiger charge is -2.15. The van der Waals surface area contributed by atoms with Gasteiger partial charge in [0, 0.05) is 36.6 Å². The Morgan fingerprint density at radius 2 is 1.94 bits per heavy atom. The highest BCUT2D eigenvalue weighted by Crippen LogP contribution is 2.28. The summed E-state index contributed by atoms with van der Waals surface area (Å²) >= 11 is 1.58. The molecule has 0 spiro atoms. The van der Waals surface area contributed by atoms with Gasteiger partial charge in [-0.05, 0) is 41.8 Å². The number of carbonyl (C=O) groups excluding carboxylic acids is 2. The van der Waals surface area contributed by atoms with Crippen LogP contribution >= 0.6 is 11.3 Å². The highest BCUT2D eigenvalue weighted by Gasteiger charge is 2.14. The van der Waals surface area contributed by atoms with E-state index in [4.69, 9.17) is 9.84 Å². The van der Waals surface area contributed by atoms with Gasteiger partial charge in [-0.15, -0.1) is 11.3 Å². The van der Waals surface area contributed by atoms with E-state index in [1.54, 1.807) is 60.5 Å². The zero-order chi connectivity index (χ0) is 23.9. The quantitative estimate of drug-likeness (QED) is 0.377. The predicted octanol–water partition coefficient (Wildman–Crippen LogP) is 4.72. The number of anilines is 1. The average Bonchev–Trinajstić information content (AvgIpc) is 3.53. The van der Waals surface area contributed by atoms with Gasteiger partial charge in [-0.2, -0.15) is 5.10 Å². The van der Waals surface area contributed by atoms with Crippen LogP contribution in [0.4, 0.5) is 5.69 Å². The normalized spacial score (nSPS) is 10.9. The van der Waals surface area contributed by atoms with Crippen LogP contribution in [0.5, 0.6) is 5.75 Å². The molecule has 0 fully saturated rings. The van der Waals surface area contributed by atoms with Gasteiger partial charge in [-0.3, -0.25) is 9.59 Å². The van der Waals surface area contributed by atoms with Crippen LogP contribution in [0, 0.1) is 0 Å². The van der Waals surface area contributed by atoms with Crippen molar-refractivity contribution in [2.75, 3.05) is 26.0 Å². The van der Waals surface area contributed by atoms with Gasteiger partial charge >= 0.3 is 0 Å². The lowest BCUT2D eigenvalue weighted by molar-refractivity contribution is -0.129. The summed E-state index contributed by atoms with van der Waals surface area (Å²) in [6, 6.07) is 20.8. The molecule has 0 saturated carbocycles. The van der Waals surface area contributed by atoms with E-state index < -0.39 is 0 Å². The van der Waals surface area contributed by atoms with Crippen LogP contribution in [-0.4, -0.2) is 47.2 Å². The number of thiophene rings is 1. The third-order valence-corrected chi connectivity index (χ3v) is 5.91. The molecule has 1 N–H and O–H groups in total. The number of carbonyl (C=O) groups is 2. The Labute approximate surface area is 201 Å². The van der Waals surface area contributed by atoms with Crippen molar-refractivity contribution in [3.05, 3.63) is 89.9 Å². The Morgan fingerprint density at radius 1 is 1.12 bits per heavy atom. The van der Waals surface area contributed by atoms with E-state index in [2.05, 4.69) is 5.32 Å². The molecule has 0 aliphatic carbocycles. The smallest absolute Gasteiger partial charge is 0.246 e. The lowest BCUT2D eigenvalue weighted by Crippen LogP contribution is -2.33. The number of methoxy groups -OCH3 is 1. The van der Waals surface area contributed by atoms with E-state index in [0.717, 1.165) is 21.8 Å². The van der Waals surface area contributed by atoms with E-state index >= 15 is 0 Å². The molecule has 2 amide bonds. The molecule has 34 heavy (non-hydrogen) atoms. The van der Waals surface area contributed by atoms with Gasteiger partial charge < -0.3 is 15.0 Å². The Kier molecular flexibility index (Phi) is 7.19. The highest BCUT2D eigenvalue weighted by atomic mass is 32.1. The number of para-hydroxylation sites is 1. The fraction of sp³-hybridized carbons (Fsp3) is 0.115. The Balaban J connectivity index is 1.46. The van der Waals surface area contributed by atoms with Crippen molar-refractivity contribution in [2.45, 2.75) is 0 Å². The molecule has 8 heteroatoms. The van der Waals surface area contributed by atoms with Crippen molar-refractivity contribution in [3.63, 3.8) is 0 Å². The summed E-state index contributed by atoms with van der Waals surface area (Å²) < 4.78 is 6.96. The van der Waals surface area contributed by atoms with Crippen LogP contribution in [-0.2, 0) is 9.59 Å². The number of aromatic nitrogens is 2. The van der Waals surface area contributed by atoms with Gasteiger partial charge in [0.15, 0.2) is 0 Å². The molecule has 4 rings (SSSR count). The third kappa shape index (κ3) is 5.60. The molecular formula is C26H24N4O3S. The lowest BCUT2D eigenvalue weighted by atomic mass is 10.2. The molecule has 0 saturated heterocycles. The van der Waals surface area contributed by atoms with Gasteiger partial charge in [0.25, 0.3) is 0 Å². The third-order valence-electron chi connectivity index (χ3n) is 5.03. The number of amides is 2. The van der Waals surface area contributed by atoms with Crippen molar-refractivity contribution < 1.29 is 14.3 Å². The minimum atomic E-state index is -0.298. The molecule has 4 aromatic rings. The predicted molar refractivity (Wildman–Crippen MR) is 135 cm³/mol. The SMILES string of the molecule is COc1cccc(NC(=O)CN(C)C(=O)/C=C/c2cn(-c3ccccc3)nc2-c2cccs2)c1. The van der Waals surface area contributed by atoms with Crippen LogP contribution in [0.1, 0.15) is 5.56 Å². The van der Waals surface area contributed by atoms with E-state index in [1.807, 2.05) is 54.0 Å². The van der Waals surface area contributed by atoms with Gasteiger partial charge in [0.05, 0.1) is 24.2 Å². The number of benzene rings is 2. The first-order chi connectivity index (χ1) is 16.5. The van der Waals surface area contributed by atoms with Crippen molar-refractivity contribution >= 4 is 34.9 Å². The van der Waals surface area contributed by atoms with Gasteiger partial charge in [-0.1, -0.05) is 30.3 Å². The number of nitrogens with one attached hydrogen (secondary N) is 1. The number of hydrogen-bond donors (Lipinski definition) is 1. The maximum Gasteiger partial charge on any atom is 0.246 e. The number of likely N-dealkylation sites (N-methyl/N-ethyl adjacent to an activating group) is 1. The summed E-state index contributed by atoms with van der Waals surface area (Å²) in [5.41, 5.74) is 3.14. The fourth-order valence-corrected chi connectivity index (χ4v) is 4.04. The van der Waals surface area contributed by atoms with Crippen LogP contribution in [0.25, 0.3) is 22.3 Å². The second-order valence-electron chi connectivity index (χ2n) is 7.50. The molecule has 2 aromatic heterocycles. The summed E-state index contributed by atoms with van der Waals surface area (Å²) in [6.45, 7) is -0.0819. The Hall–Kier alpha value is -4.17. The molecule has 0 radical (unpaired) electrons. The van der Waals surface area contributed by atoms with Gasteiger partial charge in [0.2, 0.25) is 11.8 Å². The van der Waals surface area contributed by atoms with E-state index in [-0.39, 0.29) is 18.4 Å². The van der Waals surface area contributed by atoms with Crippen molar-refractivity contribution in [3.8, 4) is 22.0 Å². The van der Waals surface area contributed by atoms with Crippen molar-refractivity contribution in [1.82, 2.24) is 14.7 Å².